The van der Waals surface area contributed by atoms with Gasteiger partial charge in [0.2, 0.25) is 11.7 Å². The van der Waals surface area contributed by atoms with Gasteiger partial charge in [0.15, 0.2) is 0 Å². The number of nitrogens with two attached hydrogens (primary N) is 1. The second-order valence-electron chi connectivity index (χ2n) is 5.03. The van der Waals surface area contributed by atoms with E-state index in [4.69, 9.17) is 5.73 Å². The van der Waals surface area contributed by atoms with Crippen LogP contribution >= 0.6 is 0 Å². The van der Waals surface area contributed by atoms with E-state index in [9.17, 15) is 18.0 Å². The Morgan fingerprint density at radius 1 is 1.43 bits per heavy atom. The monoisotopic (exact) mass is 305 g/mol. The number of nitrogen functional groups attached to an aromatic ring is 1. The van der Waals surface area contributed by atoms with Gasteiger partial charge in [-0.3, -0.25) is 4.79 Å². The number of rotatable bonds is 5. The number of nitrogens with zero attached hydrogens (tertiary/aromatic N) is 3. The lowest BCUT2D eigenvalue weighted by Gasteiger charge is -2.19. The molecule has 0 aromatic carbocycles. The molecule has 0 aliphatic rings. The standard InChI is InChI=1S/C12H18F3N5O/c1-7(2)5-17-10(21)6-20(3)9-4-8(16)18-11(19-9)12(13,14)15/h4,7H,5-6H2,1-3H3,(H,17,21)(H2,16,18,19). The summed E-state index contributed by atoms with van der Waals surface area (Å²) in [5, 5.41) is 2.66. The van der Waals surface area contributed by atoms with E-state index in [0.29, 0.717) is 6.54 Å². The zero-order valence-electron chi connectivity index (χ0n) is 12.0. The molecule has 0 bridgehead atoms. The normalized spacial score (nSPS) is 11.6. The summed E-state index contributed by atoms with van der Waals surface area (Å²) in [7, 11) is 1.46. The second-order valence-corrected chi connectivity index (χ2v) is 5.03. The average Bonchev–Trinajstić information content (AvgIpc) is 2.34. The third-order valence-electron chi connectivity index (χ3n) is 2.47. The highest BCUT2D eigenvalue weighted by molar-refractivity contribution is 5.80. The number of alkyl halides is 3. The Morgan fingerprint density at radius 2 is 2.05 bits per heavy atom. The van der Waals surface area contributed by atoms with Gasteiger partial charge in [-0.2, -0.15) is 13.2 Å². The number of likely N-dealkylation sites (N-methyl/N-ethyl adjacent to an activating group) is 1. The number of anilines is 2. The minimum Gasteiger partial charge on any atom is -0.384 e. The number of halogens is 3. The number of hydrogen-bond donors (Lipinski definition) is 2. The van der Waals surface area contributed by atoms with Crippen LogP contribution in [-0.4, -0.2) is 36.0 Å². The molecule has 0 aliphatic carbocycles. The van der Waals surface area contributed by atoms with Gasteiger partial charge in [0.1, 0.15) is 11.6 Å². The van der Waals surface area contributed by atoms with Gasteiger partial charge in [-0.05, 0) is 5.92 Å². The van der Waals surface area contributed by atoms with Gasteiger partial charge in [0.25, 0.3) is 0 Å². The maximum Gasteiger partial charge on any atom is 0.451 e. The van der Waals surface area contributed by atoms with Crippen molar-refractivity contribution in [2.75, 3.05) is 30.8 Å². The molecule has 1 rings (SSSR count). The topological polar surface area (TPSA) is 84.1 Å². The van der Waals surface area contributed by atoms with Gasteiger partial charge in [-0.25, -0.2) is 9.97 Å². The van der Waals surface area contributed by atoms with Gasteiger partial charge >= 0.3 is 6.18 Å². The van der Waals surface area contributed by atoms with Crippen molar-refractivity contribution in [3.63, 3.8) is 0 Å². The van der Waals surface area contributed by atoms with Crippen LogP contribution in [0.2, 0.25) is 0 Å². The van der Waals surface area contributed by atoms with Crippen molar-refractivity contribution in [1.29, 1.82) is 0 Å². The Bertz CT molecular complexity index is 504. The molecular formula is C12H18F3N5O. The largest absolute Gasteiger partial charge is 0.451 e. The van der Waals surface area contributed by atoms with Crippen LogP contribution in [0.3, 0.4) is 0 Å². The van der Waals surface area contributed by atoms with Gasteiger partial charge in [0, 0.05) is 19.7 Å². The fraction of sp³-hybridized carbons (Fsp3) is 0.583. The number of hydrogen-bond acceptors (Lipinski definition) is 5. The van der Waals surface area contributed by atoms with Crippen LogP contribution in [0.4, 0.5) is 24.8 Å². The number of carbonyl (C=O) groups excluding carboxylic acids is 1. The number of amides is 1. The summed E-state index contributed by atoms with van der Waals surface area (Å²) in [5.74, 6) is -1.72. The van der Waals surface area contributed by atoms with Crippen molar-refractivity contribution in [2.24, 2.45) is 5.92 Å². The van der Waals surface area contributed by atoms with E-state index < -0.39 is 12.0 Å². The van der Waals surface area contributed by atoms with Gasteiger partial charge in [-0.1, -0.05) is 13.8 Å². The lowest BCUT2D eigenvalue weighted by atomic mass is 10.2. The van der Waals surface area contributed by atoms with Crippen LogP contribution in [0, 0.1) is 5.92 Å². The summed E-state index contributed by atoms with van der Waals surface area (Å²) in [6.45, 7) is 4.24. The Morgan fingerprint density at radius 3 is 2.57 bits per heavy atom. The lowest BCUT2D eigenvalue weighted by Crippen LogP contribution is -2.37. The first-order valence-electron chi connectivity index (χ1n) is 6.29. The molecule has 9 heteroatoms. The van der Waals surface area contributed by atoms with E-state index in [1.54, 1.807) is 0 Å². The van der Waals surface area contributed by atoms with Crippen LogP contribution in [0.25, 0.3) is 0 Å². The highest BCUT2D eigenvalue weighted by Gasteiger charge is 2.35. The van der Waals surface area contributed by atoms with Crippen molar-refractivity contribution in [3.8, 4) is 0 Å². The summed E-state index contributed by atoms with van der Waals surface area (Å²) in [4.78, 5) is 19.5. The van der Waals surface area contributed by atoms with E-state index in [0.717, 1.165) is 0 Å². The van der Waals surface area contributed by atoms with Crippen LogP contribution < -0.4 is 16.0 Å². The van der Waals surface area contributed by atoms with Crippen LogP contribution in [0.15, 0.2) is 6.07 Å². The quantitative estimate of drug-likeness (QED) is 0.856. The zero-order valence-corrected chi connectivity index (χ0v) is 12.0. The molecular weight excluding hydrogens is 287 g/mol. The fourth-order valence-corrected chi connectivity index (χ4v) is 1.45. The zero-order chi connectivity index (χ0) is 16.2. The summed E-state index contributed by atoms with van der Waals surface area (Å²) in [5.41, 5.74) is 5.34. The van der Waals surface area contributed by atoms with Gasteiger partial charge < -0.3 is 16.0 Å². The smallest absolute Gasteiger partial charge is 0.384 e. The van der Waals surface area contributed by atoms with E-state index in [1.807, 2.05) is 13.8 Å². The molecule has 118 valence electrons. The first-order chi connectivity index (χ1) is 9.59. The van der Waals surface area contributed by atoms with Crippen LogP contribution in [-0.2, 0) is 11.0 Å². The molecule has 3 N–H and O–H groups in total. The first kappa shape index (κ1) is 17.0. The molecule has 0 unspecified atom stereocenters. The first-order valence-corrected chi connectivity index (χ1v) is 6.29. The van der Waals surface area contributed by atoms with E-state index in [1.165, 1.54) is 18.0 Å². The number of aromatic nitrogens is 2. The number of nitrogens with one attached hydrogen (secondary N) is 1. The second kappa shape index (κ2) is 6.59. The molecule has 21 heavy (non-hydrogen) atoms. The van der Waals surface area contributed by atoms with Crippen LogP contribution in [0.5, 0.6) is 0 Å². The number of carbonyl (C=O) groups is 1. The molecule has 1 aromatic heterocycles. The van der Waals surface area contributed by atoms with Crippen molar-refractivity contribution < 1.29 is 18.0 Å². The Hall–Kier alpha value is -2.06. The molecule has 0 saturated carbocycles. The van der Waals surface area contributed by atoms with Crippen molar-refractivity contribution in [2.45, 2.75) is 20.0 Å². The molecule has 0 fully saturated rings. The molecule has 6 nitrogen and oxygen atoms in total. The van der Waals surface area contributed by atoms with Crippen molar-refractivity contribution in [3.05, 3.63) is 11.9 Å². The minimum atomic E-state index is -4.69. The Balaban J connectivity index is 2.80. The molecule has 0 radical (unpaired) electrons. The molecule has 0 saturated heterocycles. The summed E-state index contributed by atoms with van der Waals surface area (Å²) >= 11 is 0. The molecule has 1 heterocycles. The van der Waals surface area contributed by atoms with Crippen molar-refractivity contribution >= 4 is 17.5 Å². The third kappa shape index (κ3) is 5.44. The predicted octanol–water partition coefficient (Wildman–Crippen LogP) is 1.29. The molecule has 0 aliphatic heterocycles. The van der Waals surface area contributed by atoms with Crippen molar-refractivity contribution in [1.82, 2.24) is 15.3 Å². The van der Waals surface area contributed by atoms with E-state index in [2.05, 4.69) is 15.3 Å². The third-order valence-corrected chi connectivity index (χ3v) is 2.47. The highest BCUT2D eigenvalue weighted by Crippen LogP contribution is 2.28. The molecule has 0 atom stereocenters. The lowest BCUT2D eigenvalue weighted by molar-refractivity contribution is -0.144. The molecule has 1 aromatic rings. The Labute approximate surface area is 120 Å². The van der Waals surface area contributed by atoms with E-state index >= 15 is 0 Å². The maximum atomic E-state index is 12.6. The average molecular weight is 305 g/mol. The summed E-state index contributed by atoms with van der Waals surface area (Å²) in [6, 6.07) is 1.19. The van der Waals surface area contributed by atoms with Gasteiger partial charge in [0.05, 0.1) is 6.54 Å². The molecule has 0 spiro atoms. The predicted molar refractivity (Wildman–Crippen MR) is 72.6 cm³/mol. The molecule has 1 amide bonds. The summed E-state index contributed by atoms with van der Waals surface area (Å²) in [6.07, 6.45) is -4.69. The minimum absolute atomic E-state index is 0.0606. The Kier molecular flexibility index (Phi) is 5.34. The van der Waals surface area contributed by atoms with Gasteiger partial charge in [-0.15, -0.1) is 0 Å². The fourth-order valence-electron chi connectivity index (χ4n) is 1.45. The highest BCUT2D eigenvalue weighted by atomic mass is 19.4. The van der Waals surface area contributed by atoms with E-state index in [-0.39, 0.29) is 30.0 Å². The van der Waals surface area contributed by atoms with Crippen LogP contribution in [0.1, 0.15) is 19.7 Å². The SMILES string of the molecule is CC(C)CNC(=O)CN(C)c1cc(N)nc(C(F)(F)F)n1. The summed E-state index contributed by atoms with van der Waals surface area (Å²) < 4.78 is 37.8. The maximum absolute atomic E-state index is 12.6.